The molecule has 0 aliphatic carbocycles. The van der Waals surface area contributed by atoms with Gasteiger partial charge in [0.2, 0.25) is 0 Å². The van der Waals surface area contributed by atoms with Gasteiger partial charge in [-0.1, -0.05) is 71.8 Å². The topological polar surface area (TPSA) is 37.4 Å². The Bertz CT molecular complexity index is 889. The van der Waals surface area contributed by atoms with Gasteiger partial charge < -0.3 is 0 Å². The summed E-state index contributed by atoms with van der Waals surface area (Å²) in [6.07, 6.45) is 5.21. The van der Waals surface area contributed by atoms with Crippen LogP contribution < -0.4 is 0 Å². The van der Waals surface area contributed by atoms with Gasteiger partial charge in [0, 0.05) is 5.02 Å². The van der Waals surface area contributed by atoms with Crippen LogP contribution >= 0.6 is 23.4 Å². The van der Waals surface area contributed by atoms with Crippen LogP contribution in [0.3, 0.4) is 0 Å². The third kappa shape index (κ3) is 4.21. The Labute approximate surface area is 156 Å². The molecule has 0 spiro atoms. The smallest absolute Gasteiger partial charge is 0.268 e. The van der Waals surface area contributed by atoms with Crippen molar-refractivity contribution in [1.82, 2.24) is 4.90 Å². The predicted octanol–water partition coefficient (Wildman–Crippen LogP) is 5.44. The molecule has 2 aromatic rings. The Morgan fingerprint density at radius 1 is 1.12 bits per heavy atom. The normalized spacial score (nSPS) is 16.4. The molecule has 126 valence electrons. The average Bonchev–Trinajstić information content (AvgIpc) is 2.84. The zero-order valence-electron chi connectivity index (χ0n) is 13.6. The van der Waals surface area contributed by atoms with Gasteiger partial charge in [-0.25, -0.2) is 0 Å². The van der Waals surface area contributed by atoms with Gasteiger partial charge >= 0.3 is 0 Å². The van der Waals surface area contributed by atoms with E-state index in [1.165, 1.54) is 4.90 Å². The van der Waals surface area contributed by atoms with Crippen molar-refractivity contribution in [2.45, 2.75) is 13.5 Å². The van der Waals surface area contributed by atoms with Crippen molar-refractivity contribution in [3.8, 4) is 0 Å². The second-order valence-electron chi connectivity index (χ2n) is 5.66. The second-order valence-corrected chi connectivity index (χ2v) is 7.06. The SMILES string of the molecule is Cc1cccc(CN2C(=O)S/C(=C\C=C\c3ccccc3Cl)C2=O)c1. The lowest BCUT2D eigenvalue weighted by atomic mass is 10.1. The maximum atomic E-state index is 12.5. The number of hydrogen-bond donors (Lipinski definition) is 0. The number of carbonyl (C=O) groups is 2. The van der Waals surface area contributed by atoms with Crippen LogP contribution in [0.15, 0.2) is 65.6 Å². The fourth-order valence-electron chi connectivity index (χ4n) is 2.49. The van der Waals surface area contributed by atoms with Crippen molar-refractivity contribution >= 4 is 40.6 Å². The number of amides is 2. The minimum absolute atomic E-state index is 0.246. The van der Waals surface area contributed by atoms with Gasteiger partial charge in [0.25, 0.3) is 11.1 Å². The van der Waals surface area contributed by atoms with E-state index in [9.17, 15) is 9.59 Å². The Balaban J connectivity index is 1.73. The maximum absolute atomic E-state index is 12.5. The largest absolute Gasteiger partial charge is 0.293 e. The number of halogens is 1. The zero-order valence-corrected chi connectivity index (χ0v) is 15.2. The number of carbonyl (C=O) groups excluding carboxylic acids is 2. The van der Waals surface area contributed by atoms with Crippen molar-refractivity contribution in [2.24, 2.45) is 0 Å². The lowest BCUT2D eigenvalue weighted by molar-refractivity contribution is -0.123. The first kappa shape index (κ1) is 17.5. The van der Waals surface area contributed by atoms with Crippen molar-refractivity contribution in [2.75, 3.05) is 0 Å². The van der Waals surface area contributed by atoms with E-state index in [0.717, 1.165) is 28.5 Å². The van der Waals surface area contributed by atoms with Gasteiger partial charge in [-0.05, 0) is 42.0 Å². The summed E-state index contributed by atoms with van der Waals surface area (Å²) in [5.41, 5.74) is 2.90. The first-order valence-electron chi connectivity index (χ1n) is 7.77. The van der Waals surface area contributed by atoms with Gasteiger partial charge in [-0.2, -0.15) is 0 Å². The Kier molecular flexibility index (Phi) is 5.41. The molecule has 5 heteroatoms. The molecule has 25 heavy (non-hydrogen) atoms. The summed E-state index contributed by atoms with van der Waals surface area (Å²) < 4.78 is 0. The molecule has 0 unspecified atom stereocenters. The van der Waals surface area contributed by atoms with E-state index in [1.54, 1.807) is 18.2 Å². The summed E-state index contributed by atoms with van der Waals surface area (Å²) in [5, 5.41) is 0.392. The Morgan fingerprint density at radius 2 is 1.92 bits per heavy atom. The fourth-order valence-corrected chi connectivity index (χ4v) is 3.48. The summed E-state index contributed by atoms with van der Waals surface area (Å²) in [5.74, 6) is -0.264. The molecule has 0 N–H and O–H groups in total. The average molecular weight is 370 g/mol. The van der Waals surface area contributed by atoms with Gasteiger partial charge in [0.05, 0.1) is 11.4 Å². The monoisotopic (exact) mass is 369 g/mol. The first-order valence-corrected chi connectivity index (χ1v) is 8.96. The van der Waals surface area contributed by atoms with Gasteiger partial charge in [0.1, 0.15) is 0 Å². The molecule has 0 aromatic heterocycles. The highest BCUT2D eigenvalue weighted by Crippen LogP contribution is 2.32. The molecule has 0 bridgehead atoms. The summed E-state index contributed by atoms with van der Waals surface area (Å²) in [6.45, 7) is 2.27. The highest BCUT2D eigenvalue weighted by Gasteiger charge is 2.34. The first-order chi connectivity index (χ1) is 12.0. The highest BCUT2D eigenvalue weighted by atomic mass is 35.5. The van der Waals surface area contributed by atoms with E-state index in [-0.39, 0.29) is 17.7 Å². The zero-order chi connectivity index (χ0) is 17.8. The molecular formula is C20H16ClNO2S. The third-order valence-corrected chi connectivity index (χ3v) is 5.00. The third-order valence-electron chi connectivity index (χ3n) is 3.73. The fraction of sp³-hybridized carbons (Fsp3) is 0.100. The van der Waals surface area contributed by atoms with Crippen LogP contribution in [0.2, 0.25) is 5.02 Å². The van der Waals surface area contributed by atoms with Crippen molar-refractivity contribution in [3.63, 3.8) is 0 Å². The molecule has 1 heterocycles. The van der Waals surface area contributed by atoms with Crippen LogP contribution in [-0.4, -0.2) is 16.0 Å². The van der Waals surface area contributed by atoms with E-state index in [2.05, 4.69) is 0 Å². The number of hydrogen-bond acceptors (Lipinski definition) is 3. The Morgan fingerprint density at radius 3 is 2.68 bits per heavy atom. The molecule has 2 amide bonds. The van der Waals surface area contributed by atoms with Gasteiger partial charge in [-0.3, -0.25) is 14.5 Å². The van der Waals surface area contributed by atoms with E-state index in [1.807, 2.05) is 55.5 Å². The molecule has 1 aliphatic rings. The van der Waals surface area contributed by atoms with E-state index in [4.69, 9.17) is 11.6 Å². The van der Waals surface area contributed by atoms with Crippen LogP contribution in [0.25, 0.3) is 6.08 Å². The number of benzene rings is 2. The standard InChI is InChI=1S/C20H16ClNO2S/c1-14-6-4-7-15(12-14)13-22-19(23)18(25-20(22)24)11-5-9-16-8-2-3-10-17(16)21/h2-12H,13H2,1H3/b9-5+,18-11-. The molecule has 0 radical (unpaired) electrons. The van der Waals surface area contributed by atoms with Gasteiger partial charge in [0.15, 0.2) is 0 Å². The lowest BCUT2D eigenvalue weighted by Gasteiger charge is -2.12. The van der Waals surface area contributed by atoms with Gasteiger partial charge in [-0.15, -0.1) is 0 Å². The van der Waals surface area contributed by atoms with Crippen molar-refractivity contribution < 1.29 is 9.59 Å². The molecule has 1 fully saturated rings. The van der Waals surface area contributed by atoms with Crippen LogP contribution in [0, 0.1) is 6.92 Å². The van der Waals surface area contributed by atoms with Crippen LogP contribution in [-0.2, 0) is 11.3 Å². The molecule has 3 rings (SSSR count). The minimum Gasteiger partial charge on any atom is -0.268 e. The Hall–Kier alpha value is -2.30. The number of nitrogens with zero attached hydrogens (tertiary/aromatic N) is 1. The number of rotatable bonds is 4. The maximum Gasteiger partial charge on any atom is 0.293 e. The molecular weight excluding hydrogens is 354 g/mol. The van der Waals surface area contributed by atoms with Crippen LogP contribution in [0.1, 0.15) is 16.7 Å². The second kappa shape index (κ2) is 7.72. The number of aryl methyl sites for hydroxylation is 1. The van der Waals surface area contributed by atoms with Crippen molar-refractivity contribution in [3.05, 3.63) is 87.3 Å². The minimum atomic E-state index is -0.264. The molecule has 1 saturated heterocycles. The quantitative estimate of drug-likeness (QED) is 0.673. The summed E-state index contributed by atoms with van der Waals surface area (Å²) in [7, 11) is 0. The van der Waals surface area contributed by atoms with E-state index >= 15 is 0 Å². The van der Waals surface area contributed by atoms with Crippen molar-refractivity contribution in [1.29, 1.82) is 0 Å². The van der Waals surface area contributed by atoms with E-state index < -0.39 is 0 Å². The van der Waals surface area contributed by atoms with Crippen LogP contribution in [0.5, 0.6) is 0 Å². The number of allylic oxidation sites excluding steroid dienone is 2. The molecule has 0 atom stereocenters. The number of imide groups is 1. The number of thioether (sulfide) groups is 1. The molecule has 3 nitrogen and oxygen atoms in total. The summed E-state index contributed by atoms with van der Waals surface area (Å²) in [4.78, 5) is 26.3. The molecule has 1 aliphatic heterocycles. The lowest BCUT2D eigenvalue weighted by Crippen LogP contribution is -2.27. The summed E-state index contributed by atoms with van der Waals surface area (Å²) in [6, 6.07) is 15.2. The summed E-state index contributed by atoms with van der Waals surface area (Å²) >= 11 is 7.05. The predicted molar refractivity (Wildman–Crippen MR) is 103 cm³/mol. The molecule has 0 saturated carbocycles. The van der Waals surface area contributed by atoms with E-state index in [0.29, 0.717) is 9.93 Å². The highest BCUT2D eigenvalue weighted by molar-refractivity contribution is 8.18. The molecule has 2 aromatic carbocycles. The van der Waals surface area contributed by atoms with Crippen LogP contribution in [0.4, 0.5) is 4.79 Å².